The van der Waals surface area contributed by atoms with Crippen molar-refractivity contribution in [2.45, 2.75) is 32.5 Å². The number of carbonyl (C=O) groups excluding carboxylic acids is 1. The summed E-state index contributed by atoms with van der Waals surface area (Å²) in [4.78, 5) is 24.7. The number of benzene rings is 1. The molecule has 3 aromatic rings. The average Bonchev–Trinajstić information content (AvgIpc) is 3.49. The molecule has 0 saturated carbocycles. The second-order valence-electron chi connectivity index (χ2n) is 8.18. The van der Waals surface area contributed by atoms with Crippen LogP contribution >= 0.6 is 11.3 Å². The van der Waals surface area contributed by atoms with Gasteiger partial charge in [0.15, 0.2) is 0 Å². The first-order valence-electron chi connectivity index (χ1n) is 10.8. The molecule has 0 spiro atoms. The fourth-order valence-corrected chi connectivity index (χ4v) is 4.25. The molecule has 7 nitrogen and oxygen atoms in total. The normalized spacial score (nSPS) is 16.8. The minimum atomic E-state index is -4.68. The van der Waals surface area contributed by atoms with E-state index in [9.17, 15) is 18.0 Å². The predicted molar refractivity (Wildman–Crippen MR) is 120 cm³/mol. The van der Waals surface area contributed by atoms with Gasteiger partial charge in [0.05, 0.1) is 30.4 Å². The molecule has 2 aromatic heterocycles. The van der Waals surface area contributed by atoms with Gasteiger partial charge in [-0.25, -0.2) is 19.3 Å². The maximum atomic E-state index is 15.5. The van der Waals surface area contributed by atoms with Gasteiger partial charge in [0.2, 0.25) is 5.82 Å². The SMILES string of the molecule is Cc1cnc(-c2cc(OC[C@H]3CCOC3)cc(C(=O)N[C@H](C)c3cnc(C(F)(F)F)nc3)c2F)s1. The molecule has 3 heterocycles. The number of aromatic nitrogens is 3. The first kappa shape index (κ1) is 25.0. The Kier molecular flexibility index (Phi) is 7.31. The molecule has 1 aliphatic rings. The molecule has 0 radical (unpaired) electrons. The van der Waals surface area contributed by atoms with E-state index in [1.807, 2.05) is 6.92 Å². The summed E-state index contributed by atoms with van der Waals surface area (Å²) in [6.07, 6.45) is -0.271. The van der Waals surface area contributed by atoms with Crippen molar-refractivity contribution < 1.29 is 31.8 Å². The molecule has 1 aliphatic heterocycles. The largest absolute Gasteiger partial charge is 0.493 e. The van der Waals surface area contributed by atoms with Gasteiger partial charge in [-0.1, -0.05) is 0 Å². The molecule has 186 valence electrons. The molecule has 1 amide bonds. The highest BCUT2D eigenvalue weighted by Crippen LogP contribution is 2.33. The van der Waals surface area contributed by atoms with Crippen molar-refractivity contribution in [1.82, 2.24) is 20.3 Å². The van der Waals surface area contributed by atoms with Crippen LogP contribution in [0.5, 0.6) is 5.75 Å². The number of nitrogens with one attached hydrogen (secondary N) is 1. The summed E-state index contributed by atoms with van der Waals surface area (Å²) in [5.41, 5.74) is 0.0859. The monoisotopic (exact) mass is 510 g/mol. The van der Waals surface area contributed by atoms with Crippen molar-refractivity contribution in [1.29, 1.82) is 0 Å². The number of hydrogen-bond acceptors (Lipinski definition) is 7. The van der Waals surface area contributed by atoms with Gasteiger partial charge in [0, 0.05) is 41.6 Å². The summed E-state index contributed by atoms with van der Waals surface area (Å²) < 4.78 is 64.8. The predicted octanol–water partition coefficient (Wildman–Crippen LogP) is 4.97. The zero-order chi connectivity index (χ0) is 25.2. The number of carbonyl (C=O) groups is 1. The average molecular weight is 511 g/mol. The minimum absolute atomic E-state index is 0.124. The van der Waals surface area contributed by atoms with Gasteiger partial charge in [-0.3, -0.25) is 4.79 Å². The molecule has 35 heavy (non-hydrogen) atoms. The molecule has 1 saturated heterocycles. The Labute approximate surface area is 202 Å². The fraction of sp³-hybridized carbons (Fsp3) is 0.391. The molecular formula is C23H22F4N4O3S. The van der Waals surface area contributed by atoms with Crippen LogP contribution in [0.25, 0.3) is 10.6 Å². The van der Waals surface area contributed by atoms with Crippen LogP contribution in [0, 0.1) is 18.7 Å². The van der Waals surface area contributed by atoms with E-state index in [0.717, 1.165) is 23.7 Å². The van der Waals surface area contributed by atoms with E-state index in [2.05, 4.69) is 20.3 Å². The van der Waals surface area contributed by atoms with Crippen LogP contribution in [-0.2, 0) is 10.9 Å². The first-order chi connectivity index (χ1) is 16.6. The van der Waals surface area contributed by atoms with E-state index >= 15 is 4.39 Å². The van der Waals surface area contributed by atoms with Gasteiger partial charge in [-0.15, -0.1) is 11.3 Å². The number of thiazole rings is 1. The van der Waals surface area contributed by atoms with Crippen LogP contribution in [0.15, 0.2) is 30.7 Å². The summed E-state index contributed by atoms with van der Waals surface area (Å²) >= 11 is 1.27. The molecule has 1 N–H and O–H groups in total. The standard InChI is InChI=1S/C23H22F4N4O3S/c1-12-7-28-21(35-12)18-6-16(34-11-14-3-4-33-10-14)5-17(19(18)24)20(32)31-13(2)15-8-29-22(30-9-15)23(25,26)27/h5-9,13-14H,3-4,10-11H2,1-2H3,(H,31,32)/t13-,14+/m1/s1. The summed E-state index contributed by atoms with van der Waals surface area (Å²) in [5, 5.41) is 2.98. The number of alkyl halides is 3. The van der Waals surface area contributed by atoms with E-state index < -0.39 is 29.8 Å². The third kappa shape index (κ3) is 5.93. The molecule has 4 rings (SSSR count). The van der Waals surface area contributed by atoms with Crippen molar-refractivity contribution in [2.75, 3.05) is 19.8 Å². The van der Waals surface area contributed by atoms with E-state index in [0.29, 0.717) is 30.6 Å². The van der Waals surface area contributed by atoms with Gasteiger partial charge in [-0.05, 0) is 32.4 Å². The van der Waals surface area contributed by atoms with Crippen LogP contribution in [0.3, 0.4) is 0 Å². The quantitative estimate of drug-likeness (QED) is 0.452. The number of nitrogens with zero attached hydrogens (tertiary/aromatic N) is 3. The Hall–Kier alpha value is -3.12. The van der Waals surface area contributed by atoms with E-state index in [4.69, 9.17) is 9.47 Å². The first-order valence-corrected chi connectivity index (χ1v) is 11.6. The Morgan fingerprint density at radius 1 is 1.26 bits per heavy atom. The molecule has 0 aliphatic carbocycles. The Morgan fingerprint density at radius 2 is 2.00 bits per heavy atom. The van der Waals surface area contributed by atoms with Gasteiger partial charge in [-0.2, -0.15) is 13.2 Å². The van der Waals surface area contributed by atoms with Crippen molar-refractivity contribution >= 4 is 17.2 Å². The van der Waals surface area contributed by atoms with Crippen LogP contribution in [0.1, 0.15) is 46.0 Å². The second-order valence-corrected chi connectivity index (χ2v) is 9.42. The summed E-state index contributed by atoms with van der Waals surface area (Å²) in [6.45, 7) is 4.94. The van der Waals surface area contributed by atoms with Gasteiger partial charge < -0.3 is 14.8 Å². The second kappa shape index (κ2) is 10.2. The van der Waals surface area contributed by atoms with Crippen LogP contribution in [-0.4, -0.2) is 40.7 Å². The highest BCUT2D eigenvalue weighted by molar-refractivity contribution is 7.14. The van der Waals surface area contributed by atoms with Crippen LogP contribution in [0.4, 0.5) is 17.6 Å². The zero-order valence-electron chi connectivity index (χ0n) is 18.9. The number of amides is 1. The minimum Gasteiger partial charge on any atom is -0.493 e. The van der Waals surface area contributed by atoms with Gasteiger partial charge in [0.1, 0.15) is 16.6 Å². The van der Waals surface area contributed by atoms with Crippen molar-refractivity contribution in [2.24, 2.45) is 5.92 Å². The summed E-state index contributed by atoms with van der Waals surface area (Å²) in [6, 6.07) is 2.03. The molecular weight excluding hydrogens is 488 g/mol. The summed E-state index contributed by atoms with van der Waals surface area (Å²) in [7, 11) is 0. The highest BCUT2D eigenvalue weighted by Gasteiger charge is 2.34. The smallest absolute Gasteiger partial charge is 0.451 e. The third-order valence-electron chi connectivity index (χ3n) is 5.43. The topological polar surface area (TPSA) is 86.2 Å². The maximum Gasteiger partial charge on any atom is 0.451 e. The lowest BCUT2D eigenvalue weighted by atomic mass is 10.1. The third-order valence-corrected chi connectivity index (χ3v) is 6.37. The Bertz CT molecular complexity index is 1190. The molecule has 1 fully saturated rings. The molecule has 0 unspecified atom stereocenters. The number of halogens is 4. The molecule has 1 aromatic carbocycles. The van der Waals surface area contributed by atoms with Crippen molar-refractivity contribution in [3.8, 4) is 16.3 Å². The van der Waals surface area contributed by atoms with E-state index in [-0.39, 0.29) is 22.6 Å². The number of ether oxygens (including phenoxy) is 2. The Morgan fingerprint density at radius 3 is 2.60 bits per heavy atom. The molecule has 0 bridgehead atoms. The maximum absolute atomic E-state index is 15.5. The van der Waals surface area contributed by atoms with Crippen molar-refractivity contribution in [3.63, 3.8) is 0 Å². The van der Waals surface area contributed by atoms with Gasteiger partial charge >= 0.3 is 6.18 Å². The lowest BCUT2D eigenvalue weighted by Gasteiger charge is -2.17. The fourth-order valence-electron chi connectivity index (χ4n) is 3.48. The highest BCUT2D eigenvalue weighted by atomic mass is 32.1. The van der Waals surface area contributed by atoms with Gasteiger partial charge in [0.25, 0.3) is 5.91 Å². The number of hydrogen-bond donors (Lipinski definition) is 1. The number of rotatable bonds is 7. The lowest BCUT2D eigenvalue weighted by molar-refractivity contribution is -0.145. The van der Waals surface area contributed by atoms with Crippen LogP contribution < -0.4 is 10.1 Å². The Balaban J connectivity index is 1.58. The zero-order valence-corrected chi connectivity index (χ0v) is 19.7. The van der Waals surface area contributed by atoms with Crippen LogP contribution in [0.2, 0.25) is 0 Å². The lowest BCUT2D eigenvalue weighted by Crippen LogP contribution is -2.28. The van der Waals surface area contributed by atoms with E-state index in [1.165, 1.54) is 30.4 Å². The summed E-state index contributed by atoms with van der Waals surface area (Å²) in [5.74, 6) is -2.32. The van der Waals surface area contributed by atoms with Crippen molar-refractivity contribution in [3.05, 3.63) is 58.4 Å². The molecule has 2 atom stereocenters. The number of aryl methyl sites for hydroxylation is 1. The molecule has 12 heteroatoms. The van der Waals surface area contributed by atoms with E-state index in [1.54, 1.807) is 6.20 Å².